The van der Waals surface area contributed by atoms with E-state index in [0.29, 0.717) is 32.8 Å². The van der Waals surface area contributed by atoms with Crippen molar-refractivity contribution in [1.82, 2.24) is 5.48 Å². The van der Waals surface area contributed by atoms with Gasteiger partial charge in [0.1, 0.15) is 0 Å². The van der Waals surface area contributed by atoms with Crippen LogP contribution in [0.3, 0.4) is 0 Å². The zero-order valence-corrected chi connectivity index (χ0v) is 17.3. The average Bonchev–Trinajstić information content (AvgIpc) is 2.67. The molecule has 0 amide bonds. The van der Waals surface area contributed by atoms with Gasteiger partial charge in [-0.1, -0.05) is 60.2 Å². The fraction of sp³-hybridized carbons (Fsp3) is 0.429. The summed E-state index contributed by atoms with van der Waals surface area (Å²) in [6.07, 6.45) is 0.579. The van der Waals surface area contributed by atoms with Crippen LogP contribution < -0.4 is 5.48 Å². The van der Waals surface area contributed by atoms with Gasteiger partial charge >= 0.3 is 7.60 Å². The average molecular weight is 391 g/mol. The van der Waals surface area contributed by atoms with Crippen LogP contribution in [0, 0.1) is 6.92 Å². The number of hydrogen-bond acceptors (Lipinski definition) is 5. The summed E-state index contributed by atoms with van der Waals surface area (Å²) in [5, 5.41) is 0. The van der Waals surface area contributed by atoms with Crippen LogP contribution in [0.1, 0.15) is 42.6 Å². The summed E-state index contributed by atoms with van der Waals surface area (Å²) in [7, 11) is -3.27. The zero-order valence-electron chi connectivity index (χ0n) is 16.4. The number of hydroxylamine groups is 1. The molecule has 6 heteroatoms. The second-order valence-electron chi connectivity index (χ2n) is 6.26. The molecule has 0 bridgehead atoms. The van der Waals surface area contributed by atoms with Crippen molar-refractivity contribution in [2.45, 2.75) is 39.5 Å². The van der Waals surface area contributed by atoms with Crippen LogP contribution in [0.5, 0.6) is 0 Å². The van der Waals surface area contributed by atoms with Crippen LogP contribution in [-0.4, -0.2) is 19.8 Å². The third-order valence-corrected chi connectivity index (χ3v) is 6.72. The number of nitrogens with one attached hydrogen (secondary N) is 1. The van der Waals surface area contributed by atoms with E-state index >= 15 is 0 Å². The summed E-state index contributed by atoms with van der Waals surface area (Å²) in [5.41, 5.74) is 5.83. The van der Waals surface area contributed by atoms with Crippen molar-refractivity contribution >= 4 is 7.60 Å². The van der Waals surface area contributed by atoms with Gasteiger partial charge in [0.15, 0.2) is 0 Å². The van der Waals surface area contributed by atoms with Crippen LogP contribution in [0.4, 0.5) is 0 Å². The molecule has 0 aliphatic heterocycles. The van der Waals surface area contributed by atoms with E-state index in [4.69, 9.17) is 13.9 Å². The molecule has 2 aromatic carbocycles. The minimum absolute atomic E-state index is 0.342. The Hall–Kier alpha value is -1.49. The van der Waals surface area contributed by atoms with E-state index in [2.05, 4.69) is 5.48 Å². The van der Waals surface area contributed by atoms with E-state index in [1.54, 1.807) is 0 Å². The van der Waals surface area contributed by atoms with Crippen LogP contribution in [0.2, 0.25) is 0 Å². The summed E-state index contributed by atoms with van der Waals surface area (Å²) in [5.74, 6) is 0. The summed E-state index contributed by atoms with van der Waals surface area (Å²) < 4.78 is 24.6. The van der Waals surface area contributed by atoms with Gasteiger partial charge in [0, 0.05) is 6.54 Å². The third kappa shape index (κ3) is 6.87. The van der Waals surface area contributed by atoms with Crippen molar-refractivity contribution in [2.24, 2.45) is 0 Å². The van der Waals surface area contributed by atoms with Crippen molar-refractivity contribution in [3.63, 3.8) is 0 Å². The predicted molar refractivity (Wildman–Crippen MR) is 109 cm³/mol. The van der Waals surface area contributed by atoms with Gasteiger partial charge in [-0.3, -0.25) is 9.40 Å². The predicted octanol–water partition coefficient (Wildman–Crippen LogP) is 5.41. The van der Waals surface area contributed by atoms with Crippen LogP contribution in [0.25, 0.3) is 0 Å². The number of hydrogen-bond donors (Lipinski definition) is 1. The van der Waals surface area contributed by atoms with Gasteiger partial charge in [0.05, 0.1) is 25.5 Å². The topological polar surface area (TPSA) is 56.8 Å². The molecular formula is C21H30NO4P. The number of aryl methyl sites for hydroxylation is 1. The van der Waals surface area contributed by atoms with Gasteiger partial charge in [-0.15, -0.1) is 0 Å². The Kier molecular flexibility index (Phi) is 9.19. The Morgan fingerprint density at radius 2 is 1.59 bits per heavy atom. The van der Waals surface area contributed by atoms with E-state index in [1.807, 2.05) is 75.4 Å². The normalized spacial score (nSPS) is 12.9. The minimum atomic E-state index is -3.27. The molecule has 0 aromatic heterocycles. The summed E-state index contributed by atoms with van der Waals surface area (Å²) >= 11 is 0. The van der Waals surface area contributed by atoms with Crippen molar-refractivity contribution in [2.75, 3.05) is 19.8 Å². The molecule has 1 unspecified atom stereocenters. The first-order valence-corrected chi connectivity index (χ1v) is 11.0. The smallest absolute Gasteiger partial charge is 0.308 e. The molecule has 1 atom stereocenters. The highest BCUT2D eigenvalue weighted by Gasteiger charge is 2.36. The SMILES string of the molecule is CCOP(=O)(OCC)C(CCNOCc1ccccc1)c1ccc(C)cc1. The molecule has 0 aliphatic carbocycles. The van der Waals surface area contributed by atoms with Crippen molar-refractivity contribution in [3.8, 4) is 0 Å². The first-order chi connectivity index (χ1) is 13.1. The molecule has 148 valence electrons. The molecule has 0 fully saturated rings. The summed E-state index contributed by atoms with van der Waals surface area (Å²) in [6, 6.07) is 18.0. The fourth-order valence-electron chi connectivity index (χ4n) is 2.85. The Bertz CT molecular complexity index is 696. The molecule has 0 heterocycles. The molecule has 5 nitrogen and oxygen atoms in total. The second-order valence-corrected chi connectivity index (χ2v) is 8.48. The van der Waals surface area contributed by atoms with Gasteiger partial charge in [-0.25, -0.2) is 5.48 Å². The minimum Gasteiger partial charge on any atom is -0.308 e. The molecule has 0 saturated heterocycles. The third-order valence-electron chi connectivity index (χ3n) is 4.17. The first kappa shape index (κ1) is 21.8. The standard InChI is InChI=1S/C21H30NO4P/c1-4-25-27(23,26-5-2)21(20-13-11-18(3)12-14-20)15-16-22-24-17-19-9-7-6-8-10-19/h6-14,21-22H,4-5,15-17H2,1-3H3. The van der Waals surface area contributed by atoms with Gasteiger partial charge in [-0.2, -0.15) is 0 Å². The van der Waals surface area contributed by atoms with Gasteiger partial charge in [-0.05, 0) is 38.3 Å². The molecule has 1 N–H and O–H groups in total. The van der Waals surface area contributed by atoms with E-state index in [0.717, 1.165) is 16.7 Å². The molecular weight excluding hydrogens is 361 g/mol. The highest BCUT2D eigenvalue weighted by atomic mass is 31.2. The monoisotopic (exact) mass is 391 g/mol. The Morgan fingerprint density at radius 1 is 0.963 bits per heavy atom. The molecule has 0 spiro atoms. The van der Waals surface area contributed by atoms with Crippen LogP contribution >= 0.6 is 7.60 Å². The lowest BCUT2D eigenvalue weighted by Crippen LogP contribution is -2.19. The first-order valence-electron chi connectivity index (χ1n) is 9.43. The van der Waals surface area contributed by atoms with E-state index in [1.165, 1.54) is 0 Å². The van der Waals surface area contributed by atoms with Crippen molar-refractivity contribution < 1.29 is 18.5 Å². The van der Waals surface area contributed by atoms with Crippen molar-refractivity contribution in [3.05, 3.63) is 71.3 Å². The van der Waals surface area contributed by atoms with Gasteiger partial charge in [0.2, 0.25) is 0 Å². The maximum absolute atomic E-state index is 13.4. The summed E-state index contributed by atoms with van der Waals surface area (Å²) in [4.78, 5) is 5.54. The fourth-order valence-corrected chi connectivity index (χ4v) is 4.99. The lowest BCUT2D eigenvalue weighted by atomic mass is 10.1. The molecule has 0 radical (unpaired) electrons. The largest absolute Gasteiger partial charge is 0.338 e. The molecule has 2 rings (SSSR count). The zero-order chi connectivity index (χ0) is 19.5. The maximum atomic E-state index is 13.4. The number of benzene rings is 2. The lowest BCUT2D eigenvalue weighted by molar-refractivity contribution is 0.0270. The molecule has 0 saturated carbocycles. The van der Waals surface area contributed by atoms with Crippen LogP contribution in [-0.2, 0) is 25.1 Å². The highest BCUT2D eigenvalue weighted by molar-refractivity contribution is 7.54. The molecule has 2 aromatic rings. The highest BCUT2D eigenvalue weighted by Crippen LogP contribution is 2.62. The van der Waals surface area contributed by atoms with E-state index in [9.17, 15) is 4.57 Å². The second kappa shape index (κ2) is 11.4. The maximum Gasteiger partial charge on any atom is 0.338 e. The van der Waals surface area contributed by atoms with Gasteiger partial charge < -0.3 is 9.05 Å². The van der Waals surface area contributed by atoms with Crippen LogP contribution in [0.15, 0.2) is 54.6 Å². The van der Waals surface area contributed by atoms with E-state index in [-0.39, 0.29) is 5.66 Å². The lowest BCUT2D eigenvalue weighted by Gasteiger charge is -2.27. The quantitative estimate of drug-likeness (QED) is 0.298. The Morgan fingerprint density at radius 3 is 2.19 bits per heavy atom. The Labute approximate surface area is 162 Å². The Balaban J connectivity index is 2.01. The van der Waals surface area contributed by atoms with Gasteiger partial charge in [0.25, 0.3) is 0 Å². The summed E-state index contributed by atoms with van der Waals surface area (Å²) in [6.45, 7) is 7.40. The molecule has 27 heavy (non-hydrogen) atoms. The van der Waals surface area contributed by atoms with E-state index < -0.39 is 7.60 Å². The molecule has 0 aliphatic rings. The van der Waals surface area contributed by atoms with Crippen molar-refractivity contribution in [1.29, 1.82) is 0 Å². The number of rotatable bonds is 12.